The number of hydrogen-bond acceptors (Lipinski definition) is 9. The second kappa shape index (κ2) is 10.9. The first-order valence-corrected chi connectivity index (χ1v) is 10.5. The first-order chi connectivity index (χ1) is 15.2. The van der Waals surface area contributed by atoms with Crippen molar-refractivity contribution in [1.82, 2.24) is 15.0 Å². The summed E-state index contributed by atoms with van der Waals surface area (Å²) in [7, 11) is 0. The molecule has 0 atom stereocenters. The Balaban J connectivity index is 1.92. The van der Waals surface area contributed by atoms with Crippen LogP contribution in [0.1, 0.15) is 23.6 Å². The van der Waals surface area contributed by atoms with Gasteiger partial charge >= 0.3 is 0 Å². The van der Waals surface area contributed by atoms with Gasteiger partial charge in [-0.15, -0.1) is 11.8 Å². The van der Waals surface area contributed by atoms with Crippen LogP contribution in [0.5, 0.6) is 5.75 Å². The molecule has 9 heteroatoms. The van der Waals surface area contributed by atoms with Crippen molar-refractivity contribution >= 4 is 17.6 Å². The lowest BCUT2D eigenvalue weighted by Crippen LogP contribution is -2.07. The first kappa shape index (κ1) is 22.0. The van der Waals surface area contributed by atoms with Gasteiger partial charge in [-0.3, -0.25) is 9.97 Å². The fourth-order valence-electron chi connectivity index (χ4n) is 2.77. The third kappa shape index (κ3) is 5.48. The van der Waals surface area contributed by atoms with Gasteiger partial charge in [0, 0.05) is 30.3 Å². The van der Waals surface area contributed by atoms with Gasteiger partial charge < -0.3 is 15.2 Å². The Labute approximate surface area is 184 Å². The molecule has 0 unspecified atom stereocenters. The molecule has 8 nitrogen and oxygen atoms in total. The summed E-state index contributed by atoms with van der Waals surface area (Å²) in [6, 6.07) is 11.4. The van der Waals surface area contributed by atoms with Gasteiger partial charge in [0.1, 0.15) is 40.9 Å². The molecule has 0 radical (unpaired) electrons. The maximum Gasteiger partial charge on any atom is 0.143 e. The van der Waals surface area contributed by atoms with Crippen molar-refractivity contribution in [2.75, 3.05) is 25.6 Å². The summed E-state index contributed by atoms with van der Waals surface area (Å²) in [5.74, 6) is 1.18. The van der Waals surface area contributed by atoms with E-state index in [0.717, 1.165) is 5.56 Å². The molecule has 3 aromatic rings. The van der Waals surface area contributed by atoms with E-state index in [1.807, 2.05) is 19.1 Å². The van der Waals surface area contributed by atoms with Crippen molar-refractivity contribution in [2.45, 2.75) is 17.7 Å². The summed E-state index contributed by atoms with van der Waals surface area (Å²) < 4.78 is 10.8. The molecule has 0 aliphatic carbocycles. The van der Waals surface area contributed by atoms with Gasteiger partial charge in [-0.25, -0.2) is 4.98 Å². The Hall–Kier alpha value is -3.66. The lowest BCUT2D eigenvalue weighted by Gasteiger charge is -2.13. The SMILES string of the molecule is CCOCCOc1ccc(-c2c(C#N)c(N)nc(SCc3cccnc3)c2C#N)nc1. The number of anilines is 1. The zero-order chi connectivity index (χ0) is 22.1. The quantitative estimate of drug-likeness (QED) is 0.398. The largest absolute Gasteiger partial charge is 0.490 e. The highest BCUT2D eigenvalue weighted by Crippen LogP contribution is 2.36. The van der Waals surface area contributed by atoms with Crippen molar-refractivity contribution in [3.05, 3.63) is 59.5 Å². The zero-order valence-corrected chi connectivity index (χ0v) is 17.7. The van der Waals surface area contributed by atoms with Crippen LogP contribution in [0, 0.1) is 22.7 Å². The van der Waals surface area contributed by atoms with E-state index in [0.29, 0.717) is 47.6 Å². The Morgan fingerprint density at radius 1 is 1.10 bits per heavy atom. The van der Waals surface area contributed by atoms with Crippen LogP contribution in [0.4, 0.5) is 5.82 Å². The van der Waals surface area contributed by atoms with Crippen LogP contribution in [0.15, 0.2) is 47.9 Å². The molecule has 3 heterocycles. The van der Waals surface area contributed by atoms with Crippen molar-refractivity contribution in [3.63, 3.8) is 0 Å². The molecule has 0 fully saturated rings. The molecular weight excluding hydrogens is 412 g/mol. The monoisotopic (exact) mass is 432 g/mol. The normalized spacial score (nSPS) is 10.3. The lowest BCUT2D eigenvalue weighted by molar-refractivity contribution is 0.110. The van der Waals surface area contributed by atoms with Gasteiger partial charge in [0.15, 0.2) is 0 Å². The number of aromatic nitrogens is 3. The minimum absolute atomic E-state index is 0.0593. The second-order valence-corrected chi connectivity index (χ2v) is 7.19. The van der Waals surface area contributed by atoms with E-state index in [9.17, 15) is 10.5 Å². The first-order valence-electron chi connectivity index (χ1n) is 9.50. The summed E-state index contributed by atoms with van der Waals surface area (Å²) >= 11 is 1.36. The average molecular weight is 433 g/mol. The molecule has 0 aliphatic heterocycles. The number of nitrogens with zero attached hydrogens (tertiary/aromatic N) is 5. The fourth-order valence-corrected chi connectivity index (χ4v) is 3.70. The minimum atomic E-state index is 0.0593. The van der Waals surface area contributed by atoms with E-state index >= 15 is 0 Å². The van der Waals surface area contributed by atoms with Crippen LogP contribution in [0.2, 0.25) is 0 Å². The molecule has 0 spiro atoms. The molecule has 0 bridgehead atoms. The smallest absolute Gasteiger partial charge is 0.143 e. The number of pyridine rings is 3. The Bertz CT molecular complexity index is 1110. The maximum absolute atomic E-state index is 9.86. The van der Waals surface area contributed by atoms with Crippen molar-refractivity contribution < 1.29 is 9.47 Å². The van der Waals surface area contributed by atoms with Crippen molar-refractivity contribution in [2.24, 2.45) is 0 Å². The van der Waals surface area contributed by atoms with Gasteiger partial charge in [0.2, 0.25) is 0 Å². The van der Waals surface area contributed by atoms with Crippen LogP contribution in [0.3, 0.4) is 0 Å². The van der Waals surface area contributed by atoms with Gasteiger partial charge in [0.25, 0.3) is 0 Å². The summed E-state index contributed by atoms with van der Waals surface area (Å²) in [6.07, 6.45) is 4.99. The highest BCUT2D eigenvalue weighted by molar-refractivity contribution is 7.98. The van der Waals surface area contributed by atoms with E-state index < -0.39 is 0 Å². The van der Waals surface area contributed by atoms with Crippen molar-refractivity contribution in [3.8, 4) is 29.1 Å². The van der Waals surface area contributed by atoms with E-state index in [2.05, 4.69) is 27.1 Å². The Morgan fingerprint density at radius 2 is 1.94 bits per heavy atom. The van der Waals surface area contributed by atoms with Gasteiger partial charge in [-0.1, -0.05) is 6.07 Å². The van der Waals surface area contributed by atoms with E-state index in [1.165, 1.54) is 11.8 Å². The van der Waals surface area contributed by atoms with Crippen molar-refractivity contribution in [1.29, 1.82) is 10.5 Å². The van der Waals surface area contributed by atoms with Crippen LogP contribution in [-0.2, 0) is 10.5 Å². The summed E-state index contributed by atoms with van der Waals surface area (Å²) in [4.78, 5) is 12.8. The number of thioether (sulfide) groups is 1. The highest BCUT2D eigenvalue weighted by atomic mass is 32.2. The Kier molecular flexibility index (Phi) is 7.77. The molecule has 0 aromatic carbocycles. The minimum Gasteiger partial charge on any atom is -0.490 e. The third-order valence-corrected chi connectivity index (χ3v) is 5.25. The molecule has 31 heavy (non-hydrogen) atoms. The predicted octanol–water partition coefficient (Wildman–Crippen LogP) is 3.57. The molecule has 156 valence electrons. The number of ether oxygens (including phenoxy) is 2. The fraction of sp³-hybridized carbons (Fsp3) is 0.227. The Morgan fingerprint density at radius 3 is 2.58 bits per heavy atom. The number of rotatable bonds is 9. The molecule has 3 aromatic heterocycles. The standard InChI is InChI=1S/C22H20N6O2S/c1-2-29-8-9-30-16-5-6-19(27-13-16)20-17(10-23)21(25)28-22(18(20)11-24)31-14-15-4-3-7-26-12-15/h3-7,12-13H,2,8-9,14H2,1H3,(H2,25,28). The van der Waals surface area contributed by atoms with Crippen LogP contribution >= 0.6 is 11.8 Å². The number of nitrogen functional groups attached to an aromatic ring is 1. The molecule has 3 rings (SSSR count). The average Bonchev–Trinajstić information content (AvgIpc) is 2.81. The highest BCUT2D eigenvalue weighted by Gasteiger charge is 2.21. The van der Waals surface area contributed by atoms with Crippen LogP contribution < -0.4 is 10.5 Å². The molecular formula is C22H20N6O2S. The number of nitrogens with two attached hydrogens (primary N) is 1. The zero-order valence-electron chi connectivity index (χ0n) is 16.9. The number of hydrogen-bond donors (Lipinski definition) is 1. The molecule has 2 N–H and O–H groups in total. The predicted molar refractivity (Wildman–Crippen MR) is 117 cm³/mol. The second-order valence-electron chi connectivity index (χ2n) is 6.23. The van der Waals surface area contributed by atoms with Crippen LogP contribution in [0.25, 0.3) is 11.3 Å². The van der Waals surface area contributed by atoms with Gasteiger partial charge in [-0.2, -0.15) is 10.5 Å². The summed E-state index contributed by atoms with van der Waals surface area (Å²) in [6.45, 7) is 3.42. The van der Waals surface area contributed by atoms with Gasteiger partial charge in [-0.05, 0) is 30.7 Å². The maximum atomic E-state index is 9.86. The third-order valence-electron chi connectivity index (χ3n) is 4.21. The summed E-state index contributed by atoms with van der Waals surface area (Å²) in [5.41, 5.74) is 8.23. The molecule has 0 saturated carbocycles. The van der Waals surface area contributed by atoms with E-state index in [-0.39, 0.29) is 16.9 Å². The molecule has 0 aliphatic rings. The van der Waals surface area contributed by atoms with E-state index in [1.54, 1.807) is 30.7 Å². The number of nitriles is 2. The molecule has 0 amide bonds. The van der Waals surface area contributed by atoms with Gasteiger partial charge in [0.05, 0.1) is 24.1 Å². The summed E-state index contributed by atoms with van der Waals surface area (Å²) in [5, 5.41) is 19.9. The lowest BCUT2D eigenvalue weighted by atomic mass is 10.0. The van der Waals surface area contributed by atoms with Crippen LogP contribution in [-0.4, -0.2) is 34.8 Å². The molecule has 0 saturated heterocycles. The van der Waals surface area contributed by atoms with E-state index in [4.69, 9.17) is 15.2 Å². The topological polar surface area (TPSA) is 131 Å².